The molecule has 3 heterocycles. The molecule has 0 spiro atoms. The molecule has 0 fully saturated rings. The second-order valence-corrected chi connectivity index (χ2v) is 6.48. The van der Waals surface area contributed by atoms with Crippen LogP contribution in [0.1, 0.15) is 24.4 Å². The molecule has 3 aromatic heterocycles. The summed E-state index contributed by atoms with van der Waals surface area (Å²) in [6.45, 7) is 3.94. The van der Waals surface area contributed by atoms with Crippen molar-refractivity contribution in [2.45, 2.75) is 19.9 Å². The Labute approximate surface area is 161 Å². The first-order chi connectivity index (χ1) is 13.5. The number of nitrogens with one attached hydrogen (secondary N) is 2. The van der Waals surface area contributed by atoms with Crippen molar-refractivity contribution in [1.29, 1.82) is 0 Å². The number of methoxy groups -OCH3 is 1. The highest BCUT2D eigenvalue weighted by atomic mass is 19.1. The van der Waals surface area contributed by atoms with Crippen molar-refractivity contribution in [2.24, 2.45) is 0 Å². The molecule has 0 radical (unpaired) electrons. The average Bonchev–Trinajstić information content (AvgIpc) is 3.14. The first kappa shape index (κ1) is 17.8. The van der Waals surface area contributed by atoms with E-state index in [1.807, 2.05) is 32.0 Å². The number of rotatable bonds is 5. The van der Waals surface area contributed by atoms with E-state index in [1.165, 1.54) is 18.6 Å². The molecule has 1 aromatic carbocycles. The van der Waals surface area contributed by atoms with Gasteiger partial charge in [0, 0.05) is 11.6 Å². The molecule has 2 N–H and O–H groups in total. The molecule has 4 aromatic rings. The van der Waals surface area contributed by atoms with Gasteiger partial charge < -0.3 is 10.1 Å². The number of ether oxygens (including phenoxy) is 1. The van der Waals surface area contributed by atoms with E-state index < -0.39 is 5.82 Å². The highest BCUT2D eigenvalue weighted by molar-refractivity contribution is 6.02. The summed E-state index contributed by atoms with van der Waals surface area (Å²) >= 11 is 0. The van der Waals surface area contributed by atoms with Gasteiger partial charge in [0.05, 0.1) is 47.3 Å². The number of anilines is 1. The van der Waals surface area contributed by atoms with E-state index in [2.05, 4.69) is 30.5 Å². The number of aromatic nitrogens is 5. The minimum Gasteiger partial charge on any atom is -0.497 e. The van der Waals surface area contributed by atoms with Gasteiger partial charge >= 0.3 is 0 Å². The Morgan fingerprint density at radius 2 is 2.00 bits per heavy atom. The van der Waals surface area contributed by atoms with Crippen LogP contribution < -0.4 is 10.1 Å². The first-order valence-corrected chi connectivity index (χ1v) is 8.78. The van der Waals surface area contributed by atoms with E-state index in [-0.39, 0.29) is 6.04 Å². The number of halogens is 1. The number of aryl methyl sites for hydroxylation is 1. The summed E-state index contributed by atoms with van der Waals surface area (Å²) in [7, 11) is 1.59. The van der Waals surface area contributed by atoms with Gasteiger partial charge in [0.2, 0.25) is 0 Å². The van der Waals surface area contributed by atoms with Crippen molar-refractivity contribution in [1.82, 2.24) is 25.1 Å². The van der Waals surface area contributed by atoms with Crippen LogP contribution in [0, 0.1) is 12.7 Å². The standard InChI is InChI=1S/C20H19FN6O/c1-11-6-17(27-26-11)12(2)25-20-19-15(16-5-4-13(21)9-22-16)7-14(28-3)8-18(19)23-10-24-20/h4-10,12H,1-3H3,(H,26,27)(H,23,24,25)/t12-/m1/s1. The van der Waals surface area contributed by atoms with Gasteiger partial charge in [-0.2, -0.15) is 5.10 Å². The van der Waals surface area contributed by atoms with Crippen LogP contribution in [-0.2, 0) is 0 Å². The summed E-state index contributed by atoms with van der Waals surface area (Å²) in [5, 5.41) is 11.4. The number of nitrogens with zero attached hydrogens (tertiary/aromatic N) is 4. The molecule has 8 heteroatoms. The third-order valence-corrected chi connectivity index (χ3v) is 4.50. The molecule has 0 aliphatic carbocycles. The van der Waals surface area contributed by atoms with E-state index >= 15 is 0 Å². The van der Waals surface area contributed by atoms with Gasteiger partial charge in [0.15, 0.2) is 0 Å². The molecule has 0 aliphatic rings. The Balaban J connectivity index is 1.86. The lowest BCUT2D eigenvalue weighted by atomic mass is 10.0. The summed E-state index contributed by atoms with van der Waals surface area (Å²) in [6, 6.07) is 8.60. The van der Waals surface area contributed by atoms with E-state index in [9.17, 15) is 4.39 Å². The smallest absolute Gasteiger partial charge is 0.141 e. The van der Waals surface area contributed by atoms with Crippen molar-refractivity contribution < 1.29 is 9.13 Å². The molecule has 0 aliphatic heterocycles. The summed E-state index contributed by atoms with van der Waals surface area (Å²) in [5.74, 6) is 0.887. The molecule has 0 bridgehead atoms. The van der Waals surface area contributed by atoms with Gasteiger partial charge in [0.25, 0.3) is 0 Å². The van der Waals surface area contributed by atoms with Crippen LogP contribution in [0.25, 0.3) is 22.2 Å². The van der Waals surface area contributed by atoms with E-state index in [1.54, 1.807) is 13.2 Å². The van der Waals surface area contributed by atoms with Crippen LogP contribution in [-0.4, -0.2) is 32.3 Å². The predicted octanol–water partition coefficient (Wildman–Crippen LogP) is 4.04. The zero-order chi connectivity index (χ0) is 19.7. The molecule has 1 atom stereocenters. The molecule has 4 rings (SSSR count). The molecular formula is C20H19FN6O. The van der Waals surface area contributed by atoms with Crippen molar-refractivity contribution in [3.05, 3.63) is 60.1 Å². The topological polar surface area (TPSA) is 88.6 Å². The molecule has 0 amide bonds. The fourth-order valence-corrected chi connectivity index (χ4v) is 3.08. The zero-order valence-corrected chi connectivity index (χ0v) is 15.7. The third-order valence-electron chi connectivity index (χ3n) is 4.50. The number of H-pyrrole nitrogens is 1. The van der Waals surface area contributed by atoms with Crippen LogP contribution in [0.2, 0.25) is 0 Å². The Hall–Kier alpha value is -3.55. The lowest BCUT2D eigenvalue weighted by Crippen LogP contribution is -2.09. The van der Waals surface area contributed by atoms with Crippen molar-refractivity contribution in [2.75, 3.05) is 12.4 Å². The number of hydrogen-bond acceptors (Lipinski definition) is 6. The van der Waals surface area contributed by atoms with E-state index in [4.69, 9.17) is 4.74 Å². The lowest BCUT2D eigenvalue weighted by molar-refractivity contribution is 0.415. The zero-order valence-electron chi connectivity index (χ0n) is 15.7. The highest BCUT2D eigenvalue weighted by Crippen LogP contribution is 2.35. The lowest BCUT2D eigenvalue weighted by Gasteiger charge is -2.17. The Morgan fingerprint density at radius 1 is 1.14 bits per heavy atom. The van der Waals surface area contributed by atoms with Gasteiger partial charge in [-0.1, -0.05) is 0 Å². The fourth-order valence-electron chi connectivity index (χ4n) is 3.08. The molecule has 142 valence electrons. The maximum Gasteiger partial charge on any atom is 0.141 e. The highest BCUT2D eigenvalue weighted by Gasteiger charge is 2.17. The van der Waals surface area contributed by atoms with E-state index in [0.717, 1.165) is 22.3 Å². The second-order valence-electron chi connectivity index (χ2n) is 6.48. The number of aromatic amines is 1. The predicted molar refractivity (Wildman–Crippen MR) is 105 cm³/mol. The molecule has 28 heavy (non-hydrogen) atoms. The molecule has 7 nitrogen and oxygen atoms in total. The van der Waals surface area contributed by atoms with Crippen LogP contribution in [0.3, 0.4) is 0 Å². The summed E-state index contributed by atoms with van der Waals surface area (Å²) in [4.78, 5) is 13.1. The van der Waals surface area contributed by atoms with Crippen LogP contribution in [0.4, 0.5) is 10.2 Å². The van der Waals surface area contributed by atoms with Gasteiger partial charge in [0.1, 0.15) is 23.7 Å². The molecule has 0 saturated carbocycles. The van der Waals surface area contributed by atoms with Gasteiger partial charge in [-0.25, -0.2) is 14.4 Å². The Bertz CT molecular complexity index is 1130. The summed E-state index contributed by atoms with van der Waals surface area (Å²) < 4.78 is 18.8. The maximum absolute atomic E-state index is 13.4. The number of hydrogen-bond donors (Lipinski definition) is 2. The van der Waals surface area contributed by atoms with Gasteiger partial charge in [-0.05, 0) is 38.1 Å². The minimum atomic E-state index is -0.395. The second kappa shape index (κ2) is 7.22. The average molecular weight is 378 g/mol. The van der Waals surface area contributed by atoms with Crippen molar-refractivity contribution in [3.63, 3.8) is 0 Å². The number of fused-ring (bicyclic) bond motifs is 1. The Morgan fingerprint density at radius 3 is 2.68 bits per heavy atom. The van der Waals surface area contributed by atoms with Crippen LogP contribution in [0.5, 0.6) is 5.75 Å². The monoisotopic (exact) mass is 378 g/mol. The summed E-state index contributed by atoms with van der Waals surface area (Å²) in [5.41, 5.74) is 3.92. The Kier molecular flexibility index (Phi) is 4.60. The minimum absolute atomic E-state index is 0.0598. The largest absolute Gasteiger partial charge is 0.497 e. The van der Waals surface area contributed by atoms with Gasteiger partial charge in [-0.15, -0.1) is 0 Å². The maximum atomic E-state index is 13.4. The van der Waals surface area contributed by atoms with Crippen molar-refractivity contribution in [3.8, 4) is 17.0 Å². The van der Waals surface area contributed by atoms with Crippen molar-refractivity contribution >= 4 is 16.7 Å². The number of pyridine rings is 1. The van der Waals surface area contributed by atoms with Crippen LogP contribution >= 0.6 is 0 Å². The molecule has 0 unspecified atom stereocenters. The molecular weight excluding hydrogens is 359 g/mol. The fraction of sp³-hybridized carbons (Fsp3) is 0.200. The van der Waals surface area contributed by atoms with Crippen LogP contribution in [0.15, 0.2) is 42.9 Å². The first-order valence-electron chi connectivity index (χ1n) is 8.78. The SMILES string of the molecule is COc1cc(-c2ccc(F)cn2)c2c(N[C@H](C)c3cc(C)n[nH]3)ncnc2c1. The number of benzene rings is 1. The quantitative estimate of drug-likeness (QED) is 0.545. The van der Waals surface area contributed by atoms with Gasteiger partial charge in [-0.3, -0.25) is 10.1 Å². The van der Waals surface area contributed by atoms with E-state index in [0.29, 0.717) is 22.8 Å². The summed E-state index contributed by atoms with van der Waals surface area (Å²) in [6.07, 6.45) is 2.68. The molecule has 0 saturated heterocycles. The third kappa shape index (κ3) is 3.36. The normalized spacial score (nSPS) is 12.1.